The lowest BCUT2D eigenvalue weighted by Crippen LogP contribution is -2.14. The summed E-state index contributed by atoms with van der Waals surface area (Å²) < 4.78 is 5.16. The fourth-order valence-electron chi connectivity index (χ4n) is 2.35. The summed E-state index contributed by atoms with van der Waals surface area (Å²) in [6, 6.07) is 15.5. The number of benzene rings is 2. The van der Waals surface area contributed by atoms with Gasteiger partial charge in [-0.05, 0) is 48.9 Å². The quantitative estimate of drug-likeness (QED) is 0.754. The average Bonchev–Trinajstić information content (AvgIpc) is 3.03. The van der Waals surface area contributed by atoms with Crippen LogP contribution in [0.3, 0.4) is 0 Å². The Labute approximate surface area is 145 Å². The molecule has 1 aromatic heterocycles. The summed E-state index contributed by atoms with van der Waals surface area (Å²) >= 11 is 1.49. The molecule has 4 nitrogen and oxygen atoms in total. The molecule has 1 amide bonds. The Balaban J connectivity index is 1.65. The van der Waals surface area contributed by atoms with Crippen LogP contribution in [0.15, 0.2) is 53.9 Å². The second-order valence-corrected chi connectivity index (χ2v) is 6.39. The molecular formula is C19H18N2O2S. The predicted octanol–water partition coefficient (Wildman–Crippen LogP) is 4.31. The van der Waals surface area contributed by atoms with E-state index in [9.17, 15) is 4.79 Å². The molecule has 0 unspecified atom stereocenters. The minimum absolute atomic E-state index is 0.0590. The largest absolute Gasteiger partial charge is 0.497 e. The normalized spacial score (nSPS) is 10.4. The lowest BCUT2D eigenvalue weighted by Gasteiger charge is -2.04. The van der Waals surface area contributed by atoms with Crippen molar-refractivity contribution in [3.8, 4) is 17.0 Å². The van der Waals surface area contributed by atoms with Crippen molar-refractivity contribution in [3.63, 3.8) is 0 Å². The zero-order chi connectivity index (χ0) is 16.9. The van der Waals surface area contributed by atoms with E-state index >= 15 is 0 Å². The van der Waals surface area contributed by atoms with Crippen LogP contribution in [0.4, 0.5) is 5.69 Å². The molecule has 3 rings (SSSR count). The first-order chi connectivity index (χ1) is 11.6. The van der Waals surface area contributed by atoms with Crippen LogP contribution in [0.1, 0.15) is 10.6 Å². The van der Waals surface area contributed by atoms with Gasteiger partial charge in [0.05, 0.1) is 19.2 Å². The first kappa shape index (κ1) is 16.2. The first-order valence-electron chi connectivity index (χ1n) is 7.59. The van der Waals surface area contributed by atoms with Gasteiger partial charge in [0.1, 0.15) is 10.8 Å². The number of anilines is 1. The number of thiazole rings is 1. The van der Waals surface area contributed by atoms with Gasteiger partial charge in [-0.25, -0.2) is 4.98 Å². The van der Waals surface area contributed by atoms with E-state index in [2.05, 4.69) is 10.3 Å². The van der Waals surface area contributed by atoms with E-state index in [0.29, 0.717) is 0 Å². The summed E-state index contributed by atoms with van der Waals surface area (Å²) in [5.74, 6) is 0.753. The fraction of sp³-hybridized carbons (Fsp3) is 0.158. The number of ether oxygens (including phenoxy) is 1. The van der Waals surface area contributed by atoms with Crippen LogP contribution < -0.4 is 10.1 Å². The number of carbonyl (C=O) groups is 1. The van der Waals surface area contributed by atoms with Crippen LogP contribution in [0.2, 0.25) is 0 Å². The van der Waals surface area contributed by atoms with Crippen molar-refractivity contribution in [2.75, 3.05) is 12.4 Å². The Hall–Kier alpha value is -2.66. The average molecular weight is 338 g/mol. The maximum atomic E-state index is 12.2. The molecule has 1 N–H and O–H groups in total. The van der Waals surface area contributed by atoms with E-state index in [0.717, 1.165) is 33.3 Å². The number of rotatable bonds is 5. The highest BCUT2D eigenvalue weighted by Crippen LogP contribution is 2.24. The van der Waals surface area contributed by atoms with Crippen LogP contribution >= 0.6 is 11.3 Å². The predicted molar refractivity (Wildman–Crippen MR) is 97.6 cm³/mol. The van der Waals surface area contributed by atoms with Crippen molar-refractivity contribution in [3.05, 3.63) is 64.5 Å². The third-order valence-corrected chi connectivity index (χ3v) is 4.40. The summed E-state index contributed by atoms with van der Waals surface area (Å²) in [6.07, 6.45) is 0.273. The van der Waals surface area contributed by atoms with Gasteiger partial charge in [0, 0.05) is 16.6 Å². The number of aryl methyl sites for hydroxylation is 1. The minimum Gasteiger partial charge on any atom is -0.497 e. The highest BCUT2D eigenvalue weighted by molar-refractivity contribution is 7.10. The van der Waals surface area contributed by atoms with Gasteiger partial charge >= 0.3 is 0 Å². The number of carbonyl (C=O) groups excluding carboxylic acids is 1. The summed E-state index contributed by atoms with van der Waals surface area (Å²) in [5, 5.41) is 5.67. The molecule has 0 saturated carbocycles. The smallest absolute Gasteiger partial charge is 0.231 e. The Bertz CT molecular complexity index is 841. The molecule has 122 valence electrons. The number of hydrogen-bond donors (Lipinski definition) is 1. The molecule has 0 spiro atoms. The van der Waals surface area contributed by atoms with Crippen molar-refractivity contribution in [2.45, 2.75) is 13.3 Å². The van der Waals surface area contributed by atoms with Crippen LogP contribution in [0, 0.1) is 6.92 Å². The van der Waals surface area contributed by atoms with Gasteiger partial charge in [-0.15, -0.1) is 11.3 Å². The lowest BCUT2D eigenvalue weighted by molar-refractivity contribution is -0.115. The molecule has 3 aromatic rings. The third-order valence-electron chi connectivity index (χ3n) is 3.55. The van der Waals surface area contributed by atoms with Crippen LogP contribution in [-0.4, -0.2) is 18.0 Å². The highest BCUT2D eigenvalue weighted by atomic mass is 32.1. The Morgan fingerprint density at radius 2 is 2.00 bits per heavy atom. The molecule has 0 atom stereocenters. The van der Waals surface area contributed by atoms with Crippen molar-refractivity contribution < 1.29 is 9.53 Å². The zero-order valence-corrected chi connectivity index (χ0v) is 14.4. The van der Waals surface area contributed by atoms with Gasteiger partial charge in [-0.1, -0.05) is 12.1 Å². The standard InChI is InChI=1S/C19H18N2O2S/c1-13-4-3-5-15(10-13)20-18(22)11-19-21-17(12-24-19)14-6-8-16(23-2)9-7-14/h3-10,12H,11H2,1-2H3,(H,20,22). The Morgan fingerprint density at radius 1 is 1.21 bits per heavy atom. The Morgan fingerprint density at radius 3 is 2.71 bits per heavy atom. The van der Waals surface area contributed by atoms with Crippen molar-refractivity contribution in [1.29, 1.82) is 0 Å². The van der Waals surface area contributed by atoms with Crippen LogP contribution in [0.5, 0.6) is 5.75 Å². The molecule has 5 heteroatoms. The second-order valence-electron chi connectivity index (χ2n) is 5.45. The zero-order valence-electron chi connectivity index (χ0n) is 13.6. The number of nitrogens with zero attached hydrogens (tertiary/aromatic N) is 1. The summed E-state index contributed by atoms with van der Waals surface area (Å²) in [7, 11) is 1.64. The van der Waals surface area contributed by atoms with E-state index in [1.54, 1.807) is 7.11 Å². The van der Waals surface area contributed by atoms with E-state index in [1.165, 1.54) is 11.3 Å². The van der Waals surface area contributed by atoms with Gasteiger partial charge in [0.25, 0.3) is 0 Å². The van der Waals surface area contributed by atoms with Gasteiger partial charge in [-0.3, -0.25) is 4.79 Å². The van der Waals surface area contributed by atoms with Crippen LogP contribution in [0.25, 0.3) is 11.3 Å². The van der Waals surface area contributed by atoms with Gasteiger partial charge in [-0.2, -0.15) is 0 Å². The number of amides is 1. The number of aromatic nitrogens is 1. The molecule has 0 aliphatic heterocycles. The fourth-order valence-corrected chi connectivity index (χ4v) is 3.15. The van der Waals surface area contributed by atoms with Gasteiger partial charge < -0.3 is 10.1 Å². The highest BCUT2D eigenvalue weighted by Gasteiger charge is 2.10. The topological polar surface area (TPSA) is 51.2 Å². The SMILES string of the molecule is COc1ccc(-c2csc(CC(=O)Nc3cccc(C)c3)n2)cc1. The molecule has 0 bridgehead atoms. The van der Waals surface area contributed by atoms with Crippen molar-refractivity contribution >= 4 is 22.9 Å². The van der Waals surface area contributed by atoms with E-state index in [1.807, 2.05) is 60.8 Å². The molecule has 2 aromatic carbocycles. The molecule has 24 heavy (non-hydrogen) atoms. The van der Waals surface area contributed by atoms with Crippen molar-refractivity contribution in [1.82, 2.24) is 4.98 Å². The molecule has 0 fully saturated rings. The monoisotopic (exact) mass is 338 g/mol. The van der Waals surface area contributed by atoms with E-state index < -0.39 is 0 Å². The molecular weight excluding hydrogens is 320 g/mol. The van der Waals surface area contributed by atoms with E-state index in [4.69, 9.17) is 4.74 Å². The summed E-state index contributed by atoms with van der Waals surface area (Å²) in [4.78, 5) is 16.7. The molecule has 0 saturated heterocycles. The molecule has 1 heterocycles. The number of methoxy groups -OCH3 is 1. The van der Waals surface area contributed by atoms with Crippen molar-refractivity contribution in [2.24, 2.45) is 0 Å². The first-order valence-corrected chi connectivity index (χ1v) is 8.47. The lowest BCUT2D eigenvalue weighted by atomic mass is 10.2. The maximum absolute atomic E-state index is 12.2. The van der Waals surface area contributed by atoms with Gasteiger partial charge in [0.15, 0.2) is 0 Å². The minimum atomic E-state index is -0.0590. The van der Waals surface area contributed by atoms with E-state index in [-0.39, 0.29) is 12.3 Å². The summed E-state index contributed by atoms with van der Waals surface area (Å²) in [5.41, 5.74) is 3.81. The summed E-state index contributed by atoms with van der Waals surface area (Å²) in [6.45, 7) is 2.00. The maximum Gasteiger partial charge on any atom is 0.231 e. The van der Waals surface area contributed by atoms with Crippen LogP contribution in [-0.2, 0) is 11.2 Å². The van der Waals surface area contributed by atoms with Gasteiger partial charge in [0.2, 0.25) is 5.91 Å². The second kappa shape index (κ2) is 7.27. The number of nitrogens with one attached hydrogen (secondary N) is 1. The third kappa shape index (κ3) is 4.00. The molecule has 0 aliphatic carbocycles. The molecule has 0 aliphatic rings. The number of hydrogen-bond acceptors (Lipinski definition) is 4. The molecule has 0 radical (unpaired) electrons. The Kier molecular flexibility index (Phi) is 4.91.